The fraction of sp³-hybridized carbons (Fsp3) is 0.625. The highest BCUT2D eigenvalue weighted by Gasteiger charge is 2.24. The third-order valence-electron chi connectivity index (χ3n) is 4.14. The van der Waals surface area contributed by atoms with Crippen LogP contribution < -0.4 is 11.1 Å². The van der Waals surface area contributed by atoms with Gasteiger partial charge >= 0.3 is 0 Å². The summed E-state index contributed by atoms with van der Waals surface area (Å²) in [7, 11) is 0. The van der Waals surface area contributed by atoms with Gasteiger partial charge in [0.2, 0.25) is 5.91 Å². The van der Waals surface area contributed by atoms with Crippen LogP contribution in [0.4, 0.5) is 0 Å². The van der Waals surface area contributed by atoms with Gasteiger partial charge in [-0.25, -0.2) is 0 Å². The van der Waals surface area contributed by atoms with Crippen molar-refractivity contribution >= 4 is 18.3 Å². The number of amides is 1. The molecule has 1 aromatic heterocycles. The van der Waals surface area contributed by atoms with Crippen LogP contribution in [0.2, 0.25) is 0 Å². The van der Waals surface area contributed by atoms with E-state index in [1.807, 2.05) is 19.3 Å². The highest BCUT2D eigenvalue weighted by molar-refractivity contribution is 5.85. The molecule has 1 fully saturated rings. The van der Waals surface area contributed by atoms with Crippen molar-refractivity contribution in [2.24, 2.45) is 5.73 Å². The van der Waals surface area contributed by atoms with Crippen molar-refractivity contribution in [1.29, 1.82) is 0 Å². The fourth-order valence-electron chi connectivity index (χ4n) is 2.86. The normalized spacial score (nSPS) is 19.0. The second kappa shape index (κ2) is 9.08. The number of pyridine rings is 1. The zero-order chi connectivity index (χ0) is 15.2. The molecule has 3 N–H and O–H groups in total. The summed E-state index contributed by atoms with van der Waals surface area (Å²) in [5, 5.41) is 3.09. The molecule has 6 heteroatoms. The van der Waals surface area contributed by atoms with Crippen molar-refractivity contribution in [3.63, 3.8) is 0 Å². The molecule has 0 radical (unpaired) electrons. The summed E-state index contributed by atoms with van der Waals surface area (Å²) < 4.78 is 0. The van der Waals surface area contributed by atoms with Crippen LogP contribution >= 0.6 is 12.4 Å². The molecule has 0 spiro atoms. The van der Waals surface area contributed by atoms with E-state index in [4.69, 9.17) is 5.73 Å². The maximum absolute atomic E-state index is 11.7. The minimum atomic E-state index is -0.0724. The standard InChI is InChI=1S/C16H26N4O.ClH/c1-12(17)11-16(21)19-15-5-9-20(10-6-15)13(2)14-3-7-18-8-4-14;/h3-4,7-8,12-13,15H,5-6,9-11,17H2,1-2H3,(H,19,21);1H. The van der Waals surface area contributed by atoms with Gasteiger partial charge in [0, 0.05) is 50.0 Å². The number of piperidine rings is 1. The zero-order valence-electron chi connectivity index (χ0n) is 13.4. The quantitative estimate of drug-likeness (QED) is 0.866. The molecule has 2 atom stereocenters. The van der Waals surface area contributed by atoms with Crippen molar-refractivity contribution in [3.8, 4) is 0 Å². The topological polar surface area (TPSA) is 71.2 Å². The van der Waals surface area contributed by atoms with Crippen molar-refractivity contribution in [2.75, 3.05) is 13.1 Å². The third kappa shape index (κ3) is 5.55. The van der Waals surface area contributed by atoms with Crippen LogP contribution in [0.5, 0.6) is 0 Å². The number of nitrogens with two attached hydrogens (primary N) is 1. The van der Waals surface area contributed by atoms with Gasteiger partial charge in [0.05, 0.1) is 0 Å². The molecule has 2 rings (SSSR count). The lowest BCUT2D eigenvalue weighted by atomic mass is 10.0. The van der Waals surface area contributed by atoms with E-state index in [9.17, 15) is 4.79 Å². The molecule has 0 aromatic carbocycles. The summed E-state index contributed by atoms with van der Waals surface area (Å²) in [6.07, 6.45) is 6.09. The zero-order valence-corrected chi connectivity index (χ0v) is 14.2. The molecule has 1 aliphatic heterocycles. The molecule has 0 aliphatic carbocycles. The lowest BCUT2D eigenvalue weighted by molar-refractivity contribution is -0.122. The predicted octanol–water partition coefficient (Wildman–Crippen LogP) is 1.88. The molecule has 124 valence electrons. The van der Waals surface area contributed by atoms with Gasteiger partial charge in [-0.1, -0.05) is 0 Å². The average molecular weight is 327 g/mol. The predicted molar refractivity (Wildman–Crippen MR) is 90.9 cm³/mol. The highest BCUT2D eigenvalue weighted by atomic mass is 35.5. The minimum absolute atomic E-state index is 0. The van der Waals surface area contributed by atoms with Crippen molar-refractivity contribution in [2.45, 2.75) is 51.2 Å². The lowest BCUT2D eigenvalue weighted by Gasteiger charge is -2.36. The maximum atomic E-state index is 11.7. The number of halogens is 1. The average Bonchev–Trinajstić information content (AvgIpc) is 2.47. The lowest BCUT2D eigenvalue weighted by Crippen LogP contribution is -2.46. The Morgan fingerprint density at radius 3 is 2.50 bits per heavy atom. The summed E-state index contributed by atoms with van der Waals surface area (Å²) >= 11 is 0. The van der Waals surface area contributed by atoms with Gasteiger partial charge in [-0.05, 0) is 44.4 Å². The Morgan fingerprint density at radius 1 is 1.36 bits per heavy atom. The van der Waals surface area contributed by atoms with Crippen LogP contribution in [0.25, 0.3) is 0 Å². The first kappa shape index (κ1) is 18.9. The van der Waals surface area contributed by atoms with Crippen LogP contribution in [0, 0.1) is 0 Å². The van der Waals surface area contributed by atoms with E-state index >= 15 is 0 Å². The molecule has 1 saturated heterocycles. The van der Waals surface area contributed by atoms with Crippen molar-refractivity contribution in [3.05, 3.63) is 30.1 Å². The Bertz CT molecular complexity index is 447. The number of hydrogen-bond acceptors (Lipinski definition) is 4. The molecule has 1 aliphatic rings. The molecule has 1 aromatic rings. The molecule has 0 bridgehead atoms. The molecular weight excluding hydrogens is 300 g/mol. The Hall–Kier alpha value is -1.17. The van der Waals surface area contributed by atoms with E-state index in [0.29, 0.717) is 12.5 Å². The molecule has 1 amide bonds. The van der Waals surface area contributed by atoms with Crippen LogP contribution in [0.3, 0.4) is 0 Å². The second-order valence-electron chi connectivity index (χ2n) is 6.02. The first-order valence-electron chi connectivity index (χ1n) is 7.75. The molecule has 22 heavy (non-hydrogen) atoms. The van der Waals surface area contributed by atoms with Gasteiger partial charge in [0.1, 0.15) is 0 Å². The van der Waals surface area contributed by atoms with Gasteiger partial charge in [-0.2, -0.15) is 0 Å². The van der Waals surface area contributed by atoms with Gasteiger partial charge < -0.3 is 11.1 Å². The van der Waals surface area contributed by atoms with E-state index < -0.39 is 0 Å². The van der Waals surface area contributed by atoms with Gasteiger partial charge in [-0.15, -0.1) is 12.4 Å². The van der Waals surface area contributed by atoms with Gasteiger partial charge in [0.15, 0.2) is 0 Å². The summed E-state index contributed by atoms with van der Waals surface area (Å²) in [4.78, 5) is 18.3. The summed E-state index contributed by atoms with van der Waals surface area (Å²) in [5.41, 5.74) is 6.95. The Morgan fingerprint density at radius 2 is 1.95 bits per heavy atom. The van der Waals surface area contributed by atoms with Crippen molar-refractivity contribution < 1.29 is 4.79 Å². The van der Waals surface area contributed by atoms with Crippen molar-refractivity contribution in [1.82, 2.24) is 15.2 Å². The van der Waals surface area contributed by atoms with Crippen LogP contribution in [0.15, 0.2) is 24.5 Å². The number of rotatable bonds is 5. The van der Waals surface area contributed by atoms with Crippen LogP contribution in [-0.2, 0) is 4.79 Å². The Balaban J connectivity index is 0.00000242. The highest BCUT2D eigenvalue weighted by Crippen LogP contribution is 2.23. The van der Waals surface area contributed by atoms with Crippen LogP contribution in [-0.4, -0.2) is 41.0 Å². The first-order chi connectivity index (χ1) is 10.1. The number of carbonyl (C=O) groups is 1. The van der Waals surface area contributed by atoms with E-state index in [-0.39, 0.29) is 30.4 Å². The molecule has 5 nitrogen and oxygen atoms in total. The van der Waals surface area contributed by atoms with Crippen LogP contribution in [0.1, 0.15) is 44.7 Å². The van der Waals surface area contributed by atoms with Gasteiger partial charge in [-0.3, -0.25) is 14.7 Å². The van der Waals surface area contributed by atoms with E-state index in [1.54, 1.807) is 0 Å². The molecule has 2 unspecified atom stereocenters. The third-order valence-corrected chi connectivity index (χ3v) is 4.14. The Kier molecular flexibility index (Phi) is 7.79. The monoisotopic (exact) mass is 326 g/mol. The second-order valence-corrected chi connectivity index (χ2v) is 6.02. The summed E-state index contributed by atoms with van der Waals surface area (Å²) in [5.74, 6) is 0.0747. The summed E-state index contributed by atoms with van der Waals surface area (Å²) in [6, 6.07) is 4.75. The number of hydrogen-bond donors (Lipinski definition) is 2. The number of aromatic nitrogens is 1. The number of nitrogens with one attached hydrogen (secondary N) is 1. The number of nitrogens with zero attached hydrogens (tertiary/aromatic N) is 2. The first-order valence-corrected chi connectivity index (χ1v) is 7.75. The minimum Gasteiger partial charge on any atom is -0.353 e. The van der Waals surface area contributed by atoms with Gasteiger partial charge in [0.25, 0.3) is 0 Å². The van der Waals surface area contributed by atoms with E-state index in [2.05, 4.69) is 34.3 Å². The molecule has 0 saturated carbocycles. The SMILES string of the molecule is CC(N)CC(=O)NC1CCN(C(C)c2ccncc2)CC1.Cl. The Labute approximate surface area is 139 Å². The summed E-state index contributed by atoms with van der Waals surface area (Å²) in [6.45, 7) is 6.10. The molecular formula is C16H27ClN4O. The number of carbonyl (C=O) groups excluding carboxylic acids is 1. The molecule has 2 heterocycles. The number of likely N-dealkylation sites (tertiary alicyclic amines) is 1. The smallest absolute Gasteiger partial charge is 0.221 e. The van der Waals surface area contributed by atoms with E-state index in [1.165, 1.54) is 5.56 Å². The van der Waals surface area contributed by atoms with E-state index in [0.717, 1.165) is 25.9 Å². The largest absolute Gasteiger partial charge is 0.353 e. The fourth-order valence-corrected chi connectivity index (χ4v) is 2.86. The maximum Gasteiger partial charge on any atom is 0.221 e.